The zero-order chi connectivity index (χ0) is 13.7. The molecule has 0 radical (unpaired) electrons. The second-order valence-corrected chi connectivity index (χ2v) is 5.97. The van der Waals surface area contributed by atoms with E-state index in [0.29, 0.717) is 23.6 Å². The van der Waals surface area contributed by atoms with Crippen LogP contribution in [0.1, 0.15) is 17.6 Å². The highest BCUT2D eigenvalue weighted by Gasteiger charge is 2.58. The van der Waals surface area contributed by atoms with Crippen molar-refractivity contribution in [2.24, 2.45) is 11.8 Å². The predicted octanol–water partition coefficient (Wildman–Crippen LogP) is 2.71. The van der Waals surface area contributed by atoms with E-state index < -0.39 is 0 Å². The second kappa shape index (κ2) is 4.60. The van der Waals surface area contributed by atoms with Crippen LogP contribution in [0.2, 0.25) is 5.02 Å². The summed E-state index contributed by atoms with van der Waals surface area (Å²) in [6.45, 7) is 1.93. The van der Waals surface area contributed by atoms with Gasteiger partial charge in [-0.05, 0) is 24.0 Å². The first kappa shape index (κ1) is 12.4. The molecule has 1 saturated heterocycles. The van der Waals surface area contributed by atoms with Crippen LogP contribution < -0.4 is 4.90 Å². The Kier molecular flexibility index (Phi) is 2.86. The summed E-state index contributed by atoms with van der Waals surface area (Å²) >= 11 is 11.7. The normalized spacial score (nSPS) is 27.7. The fraction of sp³-hybridized carbons (Fsp3) is 0.462. The van der Waals surface area contributed by atoms with Crippen LogP contribution in [-0.4, -0.2) is 28.2 Å². The molecule has 3 heterocycles. The molecule has 2 aliphatic rings. The molecule has 0 aromatic carbocycles. The third-order valence-electron chi connectivity index (χ3n) is 4.12. The third-order valence-corrected chi connectivity index (χ3v) is 4.59. The number of alkyl halides is 1. The van der Waals surface area contributed by atoms with Gasteiger partial charge in [-0.2, -0.15) is 4.98 Å². The van der Waals surface area contributed by atoms with Crippen LogP contribution >= 0.6 is 23.2 Å². The molecule has 5 nitrogen and oxygen atoms in total. The molecule has 2 aromatic rings. The maximum absolute atomic E-state index is 6.00. The fourth-order valence-corrected chi connectivity index (χ4v) is 3.38. The van der Waals surface area contributed by atoms with Crippen LogP contribution in [0.5, 0.6) is 0 Å². The van der Waals surface area contributed by atoms with Gasteiger partial charge in [-0.3, -0.25) is 0 Å². The first-order valence-electron chi connectivity index (χ1n) is 6.51. The van der Waals surface area contributed by atoms with Gasteiger partial charge in [-0.25, -0.2) is 4.98 Å². The minimum atomic E-state index is 0.271. The summed E-state index contributed by atoms with van der Waals surface area (Å²) in [4.78, 5) is 11.0. The van der Waals surface area contributed by atoms with Crippen LogP contribution in [0, 0.1) is 11.8 Å². The fourth-order valence-electron chi connectivity index (χ4n) is 3.12. The Bertz CT molecular complexity index is 635. The summed E-state index contributed by atoms with van der Waals surface area (Å²) in [7, 11) is 0. The second-order valence-electron chi connectivity index (χ2n) is 5.27. The Labute approximate surface area is 125 Å². The van der Waals surface area contributed by atoms with Gasteiger partial charge in [0.2, 0.25) is 5.89 Å². The van der Waals surface area contributed by atoms with Crippen molar-refractivity contribution in [1.82, 2.24) is 15.1 Å². The Balaban J connectivity index is 1.46. The number of rotatable bonds is 3. The maximum Gasteiger partial charge on any atom is 0.241 e. The summed E-state index contributed by atoms with van der Waals surface area (Å²) in [6.07, 6.45) is 1.74. The zero-order valence-corrected chi connectivity index (χ0v) is 12.1. The zero-order valence-electron chi connectivity index (χ0n) is 10.5. The van der Waals surface area contributed by atoms with Gasteiger partial charge >= 0.3 is 0 Å². The molecule has 0 spiro atoms. The Morgan fingerprint density at radius 2 is 2.15 bits per heavy atom. The van der Waals surface area contributed by atoms with Crippen molar-refractivity contribution in [2.45, 2.75) is 11.8 Å². The monoisotopic (exact) mass is 310 g/mol. The highest BCUT2D eigenvalue weighted by molar-refractivity contribution is 6.30. The van der Waals surface area contributed by atoms with E-state index >= 15 is 0 Å². The molecule has 4 rings (SSSR count). The van der Waals surface area contributed by atoms with E-state index in [1.807, 2.05) is 6.07 Å². The number of piperidine rings is 1. The maximum atomic E-state index is 6.00. The molecular weight excluding hydrogens is 299 g/mol. The number of hydrogen-bond acceptors (Lipinski definition) is 5. The average Bonchev–Trinajstić information content (AvgIpc) is 2.87. The molecule has 0 N–H and O–H groups in total. The number of hydrogen-bond donors (Lipinski definition) is 0. The highest BCUT2D eigenvalue weighted by Crippen LogP contribution is 2.57. The SMILES string of the molecule is ClCc1nc([C@@H]2[C@@H]3CN(c4cc(Cl)ccn4)C[C@@H]32)no1. The van der Waals surface area contributed by atoms with E-state index in [9.17, 15) is 0 Å². The third kappa shape index (κ3) is 1.96. The smallest absolute Gasteiger partial charge is 0.241 e. The van der Waals surface area contributed by atoms with Gasteiger partial charge in [0.25, 0.3) is 0 Å². The number of halogens is 2. The molecule has 2 fully saturated rings. The Morgan fingerprint density at radius 1 is 1.35 bits per heavy atom. The van der Waals surface area contributed by atoms with E-state index in [0.717, 1.165) is 29.8 Å². The molecule has 3 atom stereocenters. The van der Waals surface area contributed by atoms with Gasteiger partial charge in [0.1, 0.15) is 11.7 Å². The first-order chi connectivity index (χ1) is 9.76. The van der Waals surface area contributed by atoms with Crippen LogP contribution in [-0.2, 0) is 5.88 Å². The number of fused-ring (bicyclic) bond motifs is 1. The molecular formula is C13H12Cl2N4O. The van der Waals surface area contributed by atoms with Crippen molar-refractivity contribution in [2.75, 3.05) is 18.0 Å². The van der Waals surface area contributed by atoms with Crippen molar-refractivity contribution < 1.29 is 4.52 Å². The highest BCUT2D eigenvalue weighted by atomic mass is 35.5. The minimum absolute atomic E-state index is 0.271. The van der Waals surface area contributed by atoms with Crippen molar-refractivity contribution in [1.29, 1.82) is 0 Å². The summed E-state index contributed by atoms with van der Waals surface area (Å²) in [5.41, 5.74) is 0. The Morgan fingerprint density at radius 3 is 2.80 bits per heavy atom. The molecule has 7 heteroatoms. The average molecular weight is 311 g/mol. The molecule has 0 bridgehead atoms. The van der Waals surface area contributed by atoms with E-state index in [2.05, 4.69) is 20.0 Å². The van der Waals surface area contributed by atoms with Gasteiger partial charge in [-0.1, -0.05) is 16.8 Å². The molecule has 20 heavy (non-hydrogen) atoms. The van der Waals surface area contributed by atoms with E-state index in [1.54, 1.807) is 12.3 Å². The van der Waals surface area contributed by atoms with Crippen molar-refractivity contribution in [3.63, 3.8) is 0 Å². The van der Waals surface area contributed by atoms with E-state index in [4.69, 9.17) is 27.7 Å². The summed E-state index contributed by atoms with van der Waals surface area (Å²) in [5.74, 6) is 4.08. The molecule has 0 amide bonds. The molecule has 2 aromatic heterocycles. The topological polar surface area (TPSA) is 55.1 Å². The van der Waals surface area contributed by atoms with Gasteiger partial charge in [0.05, 0.1) is 0 Å². The van der Waals surface area contributed by atoms with Crippen molar-refractivity contribution in [3.05, 3.63) is 35.1 Å². The van der Waals surface area contributed by atoms with Crippen molar-refractivity contribution in [3.8, 4) is 0 Å². The lowest BCUT2D eigenvalue weighted by Gasteiger charge is -2.20. The van der Waals surface area contributed by atoms with Crippen LogP contribution in [0.15, 0.2) is 22.9 Å². The number of aromatic nitrogens is 3. The first-order valence-corrected chi connectivity index (χ1v) is 7.42. The molecule has 1 aliphatic heterocycles. The lowest BCUT2D eigenvalue weighted by molar-refractivity contribution is 0.383. The van der Waals surface area contributed by atoms with Gasteiger partial charge in [-0.15, -0.1) is 11.6 Å². The lowest BCUT2D eigenvalue weighted by Crippen LogP contribution is -2.24. The van der Waals surface area contributed by atoms with E-state index in [1.165, 1.54) is 0 Å². The number of pyridine rings is 1. The lowest BCUT2D eigenvalue weighted by atomic mass is 10.2. The molecule has 1 aliphatic carbocycles. The van der Waals surface area contributed by atoms with Gasteiger partial charge in [0, 0.05) is 30.2 Å². The van der Waals surface area contributed by atoms with Gasteiger partial charge in [0.15, 0.2) is 5.82 Å². The quantitative estimate of drug-likeness (QED) is 0.816. The number of anilines is 1. The molecule has 0 unspecified atom stereocenters. The summed E-state index contributed by atoms with van der Waals surface area (Å²) in [6, 6.07) is 3.69. The molecule has 1 saturated carbocycles. The van der Waals surface area contributed by atoms with Crippen LogP contribution in [0.4, 0.5) is 5.82 Å². The minimum Gasteiger partial charge on any atom is -0.356 e. The van der Waals surface area contributed by atoms with Crippen molar-refractivity contribution >= 4 is 29.0 Å². The number of nitrogens with zero attached hydrogens (tertiary/aromatic N) is 4. The predicted molar refractivity (Wildman–Crippen MR) is 75.0 cm³/mol. The summed E-state index contributed by atoms with van der Waals surface area (Å²) in [5, 5.41) is 4.74. The molecule has 104 valence electrons. The van der Waals surface area contributed by atoms with Gasteiger partial charge < -0.3 is 9.42 Å². The largest absolute Gasteiger partial charge is 0.356 e. The Hall–Kier alpha value is -1.33. The van der Waals surface area contributed by atoms with Crippen LogP contribution in [0.25, 0.3) is 0 Å². The standard InChI is InChI=1S/C13H12Cl2N4O/c14-4-11-17-13(18-20-11)12-8-5-19(6-9(8)12)10-3-7(15)1-2-16-10/h1-3,8-9,12H,4-6H2/t8-,9+,12-. The van der Waals surface area contributed by atoms with Crippen LogP contribution in [0.3, 0.4) is 0 Å². The van der Waals surface area contributed by atoms with E-state index in [-0.39, 0.29) is 5.88 Å². The summed E-state index contributed by atoms with van der Waals surface area (Å²) < 4.78 is 5.07.